The maximum absolute atomic E-state index is 12.3. The van der Waals surface area contributed by atoms with Gasteiger partial charge < -0.3 is 19.6 Å². The molecule has 0 atom stereocenters. The molecule has 0 saturated heterocycles. The van der Waals surface area contributed by atoms with Crippen molar-refractivity contribution < 1.29 is 27.2 Å². The number of pyridine rings is 1. The zero-order chi connectivity index (χ0) is 22.2. The number of fused-ring (bicyclic) bond motifs is 1. The van der Waals surface area contributed by atoms with Crippen molar-refractivity contribution in [1.29, 1.82) is 0 Å². The second-order valence-electron chi connectivity index (χ2n) is 6.49. The van der Waals surface area contributed by atoms with E-state index in [0.29, 0.717) is 11.1 Å². The van der Waals surface area contributed by atoms with Crippen LogP contribution in [0, 0.1) is 0 Å². The Bertz CT molecular complexity index is 1270. The van der Waals surface area contributed by atoms with Crippen LogP contribution in [0.25, 0.3) is 33.7 Å². The molecule has 3 heterocycles. The average molecular weight is 452 g/mol. The fourth-order valence-electron chi connectivity index (χ4n) is 2.97. The van der Waals surface area contributed by atoms with E-state index in [1.807, 2.05) is 6.07 Å². The number of carbonyl (C=O) groups is 1. The maximum Gasteiger partial charge on any atom is 0.422 e. The Balaban J connectivity index is 1.62. The fraction of sp³-hybridized carbons (Fsp3) is 0.158. The van der Waals surface area contributed by atoms with E-state index >= 15 is 0 Å². The zero-order valence-corrected chi connectivity index (χ0v) is 16.3. The summed E-state index contributed by atoms with van der Waals surface area (Å²) in [7, 11) is 0. The standard InChI is InChI=1S/C19H13ClF3N5O3/c20-13-6-10(7-25-18(13)30-9-19(21,22)23)17-26-16(27-31-17)12-2-1-3-14-11(12)4-5-28(14)8-15(24)29/h1-7H,8-9H2,(H2,24,29). The van der Waals surface area contributed by atoms with Crippen LogP contribution >= 0.6 is 11.6 Å². The van der Waals surface area contributed by atoms with Gasteiger partial charge in [-0.2, -0.15) is 18.2 Å². The molecule has 2 N–H and O–H groups in total. The predicted octanol–water partition coefficient (Wildman–Crippen LogP) is 3.83. The Morgan fingerprint density at radius 1 is 1.29 bits per heavy atom. The van der Waals surface area contributed by atoms with Gasteiger partial charge in [0.1, 0.15) is 11.6 Å². The summed E-state index contributed by atoms with van der Waals surface area (Å²) in [4.78, 5) is 19.4. The number of amides is 1. The quantitative estimate of drug-likeness (QED) is 0.477. The first-order valence-corrected chi connectivity index (χ1v) is 9.15. The van der Waals surface area contributed by atoms with Crippen molar-refractivity contribution in [1.82, 2.24) is 19.7 Å². The van der Waals surface area contributed by atoms with Crippen LogP contribution in [0.15, 0.2) is 47.2 Å². The topological polar surface area (TPSA) is 109 Å². The summed E-state index contributed by atoms with van der Waals surface area (Å²) >= 11 is 5.97. The van der Waals surface area contributed by atoms with Crippen LogP contribution in [0.5, 0.6) is 5.88 Å². The van der Waals surface area contributed by atoms with Crippen LogP contribution in [0.2, 0.25) is 5.02 Å². The number of halogens is 4. The smallest absolute Gasteiger partial charge is 0.422 e. The second-order valence-corrected chi connectivity index (χ2v) is 6.89. The molecule has 0 aliphatic heterocycles. The highest BCUT2D eigenvalue weighted by atomic mass is 35.5. The van der Waals surface area contributed by atoms with E-state index in [4.69, 9.17) is 21.9 Å². The number of primary amides is 1. The van der Waals surface area contributed by atoms with E-state index < -0.39 is 18.7 Å². The third kappa shape index (κ3) is 4.45. The van der Waals surface area contributed by atoms with Crippen LogP contribution in [-0.4, -0.2) is 38.4 Å². The van der Waals surface area contributed by atoms with E-state index in [1.165, 1.54) is 12.3 Å². The van der Waals surface area contributed by atoms with Gasteiger partial charge in [-0.25, -0.2) is 4.98 Å². The van der Waals surface area contributed by atoms with Crippen molar-refractivity contribution >= 4 is 28.4 Å². The molecule has 0 bridgehead atoms. The number of benzene rings is 1. The molecule has 0 spiro atoms. The summed E-state index contributed by atoms with van der Waals surface area (Å²) in [5, 5.41) is 4.61. The molecule has 4 rings (SSSR count). The molecule has 0 aliphatic carbocycles. The van der Waals surface area contributed by atoms with Crippen LogP contribution in [0.4, 0.5) is 13.2 Å². The molecule has 31 heavy (non-hydrogen) atoms. The highest BCUT2D eigenvalue weighted by Crippen LogP contribution is 2.32. The van der Waals surface area contributed by atoms with Gasteiger partial charge in [-0.3, -0.25) is 4.79 Å². The monoisotopic (exact) mass is 451 g/mol. The first kappa shape index (κ1) is 20.7. The van der Waals surface area contributed by atoms with Crippen molar-refractivity contribution in [3.8, 4) is 28.7 Å². The summed E-state index contributed by atoms with van der Waals surface area (Å²) in [6, 6.07) is 8.50. The van der Waals surface area contributed by atoms with Gasteiger partial charge in [-0.15, -0.1) is 0 Å². The molecule has 0 aliphatic rings. The SMILES string of the molecule is NC(=O)Cn1ccc2c(-c3noc(-c4cnc(OCC(F)(F)F)c(Cl)c4)n3)cccc21. The fourth-order valence-corrected chi connectivity index (χ4v) is 3.19. The van der Waals surface area contributed by atoms with Crippen molar-refractivity contribution in [3.05, 3.63) is 47.7 Å². The molecule has 0 saturated carbocycles. The van der Waals surface area contributed by atoms with Gasteiger partial charge in [0.25, 0.3) is 5.89 Å². The lowest BCUT2D eigenvalue weighted by Gasteiger charge is -2.09. The molecular formula is C19H13ClF3N5O3. The summed E-state index contributed by atoms with van der Waals surface area (Å²) in [5.41, 5.74) is 7.00. The van der Waals surface area contributed by atoms with Gasteiger partial charge in [0.05, 0.1) is 5.56 Å². The van der Waals surface area contributed by atoms with E-state index in [2.05, 4.69) is 19.9 Å². The average Bonchev–Trinajstić information content (AvgIpc) is 3.33. The lowest BCUT2D eigenvalue weighted by Crippen LogP contribution is -2.19. The van der Waals surface area contributed by atoms with Crippen LogP contribution in [-0.2, 0) is 11.3 Å². The molecule has 12 heteroatoms. The van der Waals surface area contributed by atoms with Gasteiger partial charge in [0.15, 0.2) is 6.61 Å². The highest BCUT2D eigenvalue weighted by molar-refractivity contribution is 6.32. The number of nitrogens with zero attached hydrogens (tertiary/aromatic N) is 4. The third-order valence-electron chi connectivity index (χ3n) is 4.23. The summed E-state index contributed by atoms with van der Waals surface area (Å²) in [6.45, 7) is -1.49. The Hall–Kier alpha value is -3.60. The zero-order valence-electron chi connectivity index (χ0n) is 15.6. The molecule has 4 aromatic rings. The molecule has 0 fully saturated rings. The normalized spacial score (nSPS) is 11.7. The van der Waals surface area contributed by atoms with Gasteiger partial charge >= 0.3 is 6.18 Å². The minimum Gasteiger partial charge on any atom is -0.467 e. The number of hydrogen-bond acceptors (Lipinski definition) is 6. The van der Waals surface area contributed by atoms with Gasteiger partial charge in [0, 0.05) is 28.9 Å². The summed E-state index contributed by atoms with van der Waals surface area (Å²) in [5.74, 6) is -0.494. The van der Waals surface area contributed by atoms with Gasteiger partial charge in [0.2, 0.25) is 17.6 Å². The Morgan fingerprint density at radius 3 is 2.81 bits per heavy atom. The molecule has 1 amide bonds. The molecule has 1 aromatic carbocycles. The molecule has 3 aromatic heterocycles. The number of ether oxygens (including phenoxy) is 1. The number of alkyl halides is 3. The van der Waals surface area contributed by atoms with Crippen LogP contribution < -0.4 is 10.5 Å². The lowest BCUT2D eigenvalue weighted by molar-refractivity contribution is -0.154. The number of nitrogens with two attached hydrogens (primary N) is 1. The van der Waals surface area contributed by atoms with E-state index in [1.54, 1.807) is 29.0 Å². The summed E-state index contributed by atoms with van der Waals surface area (Å²) in [6.07, 6.45) is -1.56. The third-order valence-corrected chi connectivity index (χ3v) is 4.50. The highest BCUT2D eigenvalue weighted by Gasteiger charge is 2.29. The minimum absolute atomic E-state index is 0.0252. The van der Waals surface area contributed by atoms with E-state index in [0.717, 1.165) is 10.9 Å². The first-order chi connectivity index (χ1) is 14.7. The second kappa shape index (κ2) is 7.91. The predicted molar refractivity (Wildman–Crippen MR) is 104 cm³/mol. The molecule has 0 unspecified atom stereocenters. The minimum atomic E-state index is -4.51. The number of rotatable bonds is 6. The first-order valence-electron chi connectivity index (χ1n) is 8.77. The van der Waals surface area contributed by atoms with Crippen molar-refractivity contribution in [3.63, 3.8) is 0 Å². The Kier molecular flexibility index (Phi) is 5.27. The van der Waals surface area contributed by atoms with Crippen molar-refractivity contribution in [2.45, 2.75) is 12.7 Å². The largest absolute Gasteiger partial charge is 0.467 e. The van der Waals surface area contributed by atoms with E-state index in [9.17, 15) is 18.0 Å². The molecule has 0 radical (unpaired) electrons. The summed E-state index contributed by atoms with van der Waals surface area (Å²) < 4.78 is 48.5. The van der Waals surface area contributed by atoms with Crippen molar-refractivity contribution in [2.75, 3.05) is 6.61 Å². The number of hydrogen-bond donors (Lipinski definition) is 1. The maximum atomic E-state index is 12.3. The van der Waals surface area contributed by atoms with Gasteiger partial charge in [-0.1, -0.05) is 28.9 Å². The van der Waals surface area contributed by atoms with E-state index in [-0.39, 0.29) is 29.2 Å². The van der Waals surface area contributed by atoms with Crippen LogP contribution in [0.1, 0.15) is 0 Å². The number of aromatic nitrogens is 4. The lowest BCUT2D eigenvalue weighted by atomic mass is 10.1. The van der Waals surface area contributed by atoms with Crippen molar-refractivity contribution in [2.24, 2.45) is 5.73 Å². The Labute approximate surface area is 177 Å². The van der Waals surface area contributed by atoms with Gasteiger partial charge in [-0.05, 0) is 18.2 Å². The number of carbonyl (C=O) groups excluding carboxylic acids is 1. The molecular weight excluding hydrogens is 439 g/mol. The molecule has 160 valence electrons. The Morgan fingerprint density at radius 2 is 2.10 bits per heavy atom. The van der Waals surface area contributed by atoms with Crippen LogP contribution in [0.3, 0.4) is 0 Å². The molecule has 8 nitrogen and oxygen atoms in total.